The molecule has 0 unspecified atom stereocenters. The van der Waals surface area contributed by atoms with Crippen LogP contribution in [0.3, 0.4) is 0 Å². The first kappa shape index (κ1) is 22.6. The van der Waals surface area contributed by atoms with Crippen LogP contribution in [-0.4, -0.2) is 51.6 Å². The summed E-state index contributed by atoms with van der Waals surface area (Å²) in [6.07, 6.45) is 3.49. The number of rotatable bonds is 6. The van der Waals surface area contributed by atoms with E-state index < -0.39 is 0 Å². The van der Waals surface area contributed by atoms with E-state index in [0.29, 0.717) is 31.8 Å². The zero-order valence-electron chi connectivity index (χ0n) is 19.2. The Morgan fingerprint density at radius 3 is 2.52 bits per heavy atom. The molecule has 0 radical (unpaired) electrons. The highest BCUT2D eigenvalue weighted by atomic mass is 16.6. The van der Waals surface area contributed by atoms with Crippen LogP contribution in [-0.2, 0) is 24.4 Å². The zero-order valence-corrected chi connectivity index (χ0v) is 19.2. The van der Waals surface area contributed by atoms with Gasteiger partial charge in [0.15, 0.2) is 0 Å². The Labute approximate surface area is 194 Å². The van der Waals surface area contributed by atoms with Crippen molar-refractivity contribution >= 4 is 6.09 Å². The summed E-state index contributed by atoms with van der Waals surface area (Å²) in [5.74, 6) is 0. The maximum Gasteiger partial charge on any atom is 0.410 e. The number of hydrogen-bond donors (Lipinski definition) is 0. The molecule has 0 N–H and O–H groups in total. The molecule has 0 bridgehead atoms. The number of benzene rings is 2. The van der Waals surface area contributed by atoms with Gasteiger partial charge in [-0.25, -0.2) is 9.78 Å². The standard InChI is InChI=1S/C26H29N5O2/c1-20-3-8-24(21(2)13-20)18-33-26(32)30-11-9-29(10-12-30)17-25-15-28-19-31(25)16-23-6-4-22(14-27)5-7-23/h3-8,13,15,19H,9-12,16-18H2,1-2H3. The van der Waals surface area contributed by atoms with Crippen molar-refractivity contribution in [2.75, 3.05) is 26.2 Å². The van der Waals surface area contributed by atoms with Gasteiger partial charge in [0.05, 0.1) is 23.7 Å². The van der Waals surface area contributed by atoms with Gasteiger partial charge in [-0.05, 0) is 42.7 Å². The molecule has 0 saturated carbocycles. The average molecular weight is 444 g/mol. The Morgan fingerprint density at radius 1 is 1.06 bits per heavy atom. The molecule has 2 aromatic carbocycles. The van der Waals surface area contributed by atoms with Crippen molar-refractivity contribution in [2.45, 2.75) is 33.5 Å². The number of ether oxygens (including phenoxy) is 1. The first-order valence-corrected chi connectivity index (χ1v) is 11.2. The molecule has 1 amide bonds. The minimum absolute atomic E-state index is 0.250. The lowest BCUT2D eigenvalue weighted by atomic mass is 10.1. The van der Waals surface area contributed by atoms with E-state index in [2.05, 4.69) is 33.5 Å². The monoisotopic (exact) mass is 443 g/mol. The van der Waals surface area contributed by atoms with Gasteiger partial charge in [-0.3, -0.25) is 4.90 Å². The summed E-state index contributed by atoms with van der Waals surface area (Å²) in [5.41, 5.74) is 6.31. The molecule has 33 heavy (non-hydrogen) atoms. The molecule has 170 valence electrons. The van der Waals surface area contributed by atoms with Crippen LogP contribution >= 0.6 is 0 Å². The van der Waals surface area contributed by atoms with Crippen LogP contribution < -0.4 is 0 Å². The van der Waals surface area contributed by atoms with Gasteiger partial charge in [-0.1, -0.05) is 35.9 Å². The van der Waals surface area contributed by atoms with E-state index in [1.165, 1.54) is 5.56 Å². The number of aromatic nitrogens is 2. The predicted molar refractivity (Wildman–Crippen MR) is 125 cm³/mol. The number of carbonyl (C=O) groups is 1. The fourth-order valence-electron chi connectivity index (χ4n) is 4.06. The maximum absolute atomic E-state index is 12.5. The van der Waals surface area contributed by atoms with E-state index >= 15 is 0 Å². The Hall–Kier alpha value is -3.63. The molecule has 2 heterocycles. The van der Waals surface area contributed by atoms with Crippen molar-refractivity contribution in [3.8, 4) is 6.07 Å². The number of carbonyl (C=O) groups excluding carboxylic acids is 1. The number of hydrogen-bond acceptors (Lipinski definition) is 5. The van der Waals surface area contributed by atoms with E-state index in [0.717, 1.165) is 42.0 Å². The van der Waals surface area contributed by atoms with Crippen molar-refractivity contribution in [1.29, 1.82) is 5.26 Å². The van der Waals surface area contributed by atoms with Crippen molar-refractivity contribution in [2.24, 2.45) is 0 Å². The van der Waals surface area contributed by atoms with Gasteiger partial charge in [0.25, 0.3) is 0 Å². The molecule has 3 aromatic rings. The number of amides is 1. The second kappa shape index (κ2) is 10.3. The molecule has 1 aliphatic heterocycles. The Morgan fingerprint density at radius 2 is 1.82 bits per heavy atom. The molecular weight excluding hydrogens is 414 g/mol. The summed E-state index contributed by atoms with van der Waals surface area (Å²) in [4.78, 5) is 21.0. The summed E-state index contributed by atoms with van der Waals surface area (Å²) in [5, 5.41) is 8.96. The van der Waals surface area contributed by atoms with Gasteiger partial charge < -0.3 is 14.2 Å². The zero-order chi connectivity index (χ0) is 23.2. The summed E-state index contributed by atoms with van der Waals surface area (Å²) < 4.78 is 7.70. The van der Waals surface area contributed by atoms with Crippen molar-refractivity contribution in [1.82, 2.24) is 19.4 Å². The molecule has 7 heteroatoms. The van der Waals surface area contributed by atoms with Gasteiger partial charge in [0.2, 0.25) is 0 Å². The van der Waals surface area contributed by atoms with E-state index in [1.54, 1.807) is 4.90 Å². The van der Waals surface area contributed by atoms with Crippen LogP contribution in [0.15, 0.2) is 55.0 Å². The van der Waals surface area contributed by atoms with Crippen LogP contribution in [0.25, 0.3) is 0 Å². The average Bonchev–Trinajstić information content (AvgIpc) is 3.25. The molecule has 0 atom stereocenters. The smallest absolute Gasteiger partial charge is 0.410 e. The molecular formula is C26H29N5O2. The highest BCUT2D eigenvalue weighted by Crippen LogP contribution is 2.15. The van der Waals surface area contributed by atoms with Crippen LogP contribution in [0.2, 0.25) is 0 Å². The van der Waals surface area contributed by atoms with E-state index in [1.807, 2.05) is 55.8 Å². The quantitative estimate of drug-likeness (QED) is 0.578. The van der Waals surface area contributed by atoms with Gasteiger partial charge in [0.1, 0.15) is 6.61 Å². The largest absolute Gasteiger partial charge is 0.445 e. The molecule has 0 aliphatic carbocycles. The minimum atomic E-state index is -0.250. The third-order valence-corrected chi connectivity index (χ3v) is 6.10. The summed E-state index contributed by atoms with van der Waals surface area (Å²) in [6.45, 7) is 8.78. The van der Waals surface area contributed by atoms with Crippen molar-refractivity contribution < 1.29 is 9.53 Å². The third-order valence-electron chi connectivity index (χ3n) is 6.10. The topological polar surface area (TPSA) is 74.4 Å². The number of aryl methyl sites for hydroxylation is 2. The summed E-state index contributed by atoms with van der Waals surface area (Å²) >= 11 is 0. The first-order chi connectivity index (χ1) is 16.0. The maximum atomic E-state index is 12.5. The number of nitriles is 1. The fourth-order valence-corrected chi connectivity index (χ4v) is 4.06. The molecule has 0 spiro atoms. The molecule has 1 fully saturated rings. The highest BCUT2D eigenvalue weighted by Gasteiger charge is 2.23. The Kier molecular flexibility index (Phi) is 7.06. The number of nitrogens with zero attached hydrogens (tertiary/aromatic N) is 5. The fraction of sp³-hybridized carbons (Fsp3) is 0.346. The number of imidazole rings is 1. The van der Waals surface area contributed by atoms with E-state index in [-0.39, 0.29) is 6.09 Å². The summed E-state index contributed by atoms with van der Waals surface area (Å²) in [6, 6.07) is 15.9. The first-order valence-electron chi connectivity index (χ1n) is 11.2. The second-order valence-corrected chi connectivity index (χ2v) is 8.57. The van der Waals surface area contributed by atoms with E-state index in [4.69, 9.17) is 10.00 Å². The van der Waals surface area contributed by atoms with Crippen molar-refractivity contribution in [3.63, 3.8) is 0 Å². The molecule has 7 nitrogen and oxygen atoms in total. The Balaban J connectivity index is 1.26. The second-order valence-electron chi connectivity index (χ2n) is 8.57. The molecule has 4 rings (SSSR count). The Bertz CT molecular complexity index is 1140. The van der Waals surface area contributed by atoms with Gasteiger partial charge in [-0.15, -0.1) is 0 Å². The molecule has 1 aromatic heterocycles. The van der Waals surface area contributed by atoms with Crippen molar-refractivity contribution in [3.05, 3.63) is 88.5 Å². The van der Waals surface area contributed by atoms with Crippen LogP contribution in [0, 0.1) is 25.2 Å². The molecule has 1 aliphatic rings. The summed E-state index contributed by atoms with van der Waals surface area (Å²) in [7, 11) is 0. The lowest BCUT2D eigenvalue weighted by molar-refractivity contribution is 0.0694. The lowest BCUT2D eigenvalue weighted by Gasteiger charge is -2.34. The lowest BCUT2D eigenvalue weighted by Crippen LogP contribution is -2.48. The van der Waals surface area contributed by atoms with Gasteiger partial charge >= 0.3 is 6.09 Å². The van der Waals surface area contributed by atoms with E-state index in [9.17, 15) is 4.79 Å². The van der Waals surface area contributed by atoms with Gasteiger partial charge in [0, 0.05) is 45.5 Å². The predicted octanol–water partition coefficient (Wildman–Crippen LogP) is 3.87. The third kappa shape index (κ3) is 5.79. The minimum Gasteiger partial charge on any atom is -0.445 e. The van der Waals surface area contributed by atoms with Crippen LogP contribution in [0.1, 0.15) is 33.5 Å². The van der Waals surface area contributed by atoms with Crippen LogP contribution in [0.4, 0.5) is 4.79 Å². The SMILES string of the molecule is Cc1ccc(COC(=O)N2CCN(Cc3cncn3Cc3ccc(C#N)cc3)CC2)c(C)c1. The molecule has 1 saturated heterocycles. The van der Waals surface area contributed by atoms with Crippen LogP contribution in [0.5, 0.6) is 0 Å². The number of piperazine rings is 1. The van der Waals surface area contributed by atoms with Gasteiger partial charge in [-0.2, -0.15) is 5.26 Å². The normalized spacial score (nSPS) is 14.2. The highest BCUT2D eigenvalue weighted by molar-refractivity contribution is 5.67.